The Bertz CT molecular complexity index is 721. The predicted octanol–water partition coefficient (Wildman–Crippen LogP) is 0.889. The maximum atomic E-state index is 9.52. The Hall–Kier alpha value is -1.32. The van der Waals surface area contributed by atoms with Crippen molar-refractivity contribution >= 4 is 22.8 Å². The molecule has 0 aliphatic carbocycles. The van der Waals surface area contributed by atoms with E-state index in [4.69, 9.17) is 25.8 Å². The van der Waals surface area contributed by atoms with Crippen molar-refractivity contribution in [1.82, 2.24) is 19.5 Å². The van der Waals surface area contributed by atoms with Gasteiger partial charge in [-0.05, 0) is 13.8 Å². The summed E-state index contributed by atoms with van der Waals surface area (Å²) >= 11 is 6.03. The number of hydrogen-bond acceptors (Lipinski definition) is 7. The fourth-order valence-corrected chi connectivity index (χ4v) is 3.22. The third-order valence-corrected chi connectivity index (χ3v) is 4.17. The minimum atomic E-state index is -0.728. The van der Waals surface area contributed by atoms with Gasteiger partial charge in [0.15, 0.2) is 22.8 Å². The van der Waals surface area contributed by atoms with Crippen LogP contribution in [0.3, 0.4) is 0 Å². The standard InChI is InChI=1S/C13H15ClN4O4/c1-13(2)21-8-6(3-19)20-12(9(8)22-13)18-5-17-7-10(14)15-4-16-11(7)18/h4-6,8-9,12,19H,3H2,1-2H3/t6?,8-,9?,12-/m1/s1. The molecule has 2 aromatic heterocycles. The van der Waals surface area contributed by atoms with Gasteiger partial charge in [-0.1, -0.05) is 11.6 Å². The van der Waals surface area contributed by atoms with E-state index >= 15 is 0 Å². The molecule has 2 aliphatic heterocycles. The Morgan fingerprint density at radius 3 is 2.82 bits per heavy atom. The van der Waals surface area contributed by atoms with Gasteiger partial charge < -0.3 is 19.3 Å². The second-order valence-corrected chi connectivity index (χ2v) is 6.16. The Labute approximate surface area is 131 Å². The Balaban J connectivity index is 1.77. The fraction of sp³-hybridized carbons (Fsp3) is 0.615. The van der Waals surface area contributed by atoms with E-state index in [1.54, 1.807) is 10.9 Å². The van der Waals surface area contributed by atoms with Gasteiger partial charge in [-0.15, -0.1) is 0 Å². The molecule has 2 aliphatic rings. The van der Waals surface area contributed by atoms with Crippen molar-refractivity contribution in [3.8, 4) is 0 Å². The molecule has 0 saturated carbocycles. The molecule has 118 valence electrons. The molecule has 8 nitrogen and oxygen atoms in total. The van der Waals surface area contributed by atoms with Crippen molar-refractivity contribution in [2.24, 2.45) is 0 Å². The summed E-state index contributed by atoms with van der Waals surface area (Å²) in [5, 5.41) is 9.80. The van der Waals surface area contributed by atoms with Crippen LogP contribution in [0.4, 0.5) is 0 Å². The molecule has 2 aromatic rings. The van der Waals surface area contributed by atoms with Crippen LogP contribution in [-0.2, 0) is 14.2 Å². The SMILES string of the molecule is CC1(C)OC2[C@H](O1)C(CO)O[C@H]2n1cnc2c(Cl)ncnc21. The van der Waals surface area contributed by atoms with Gasteiger partial charge in [0.1, 0.15) is 30.2 Å². The summed E-state index contributed by atoms with van der Waals surface area (Å²) in [4.78, 5) is 12.4. The van der Waals surface area contributed by atoms with Crippen molar-refractivity contribution in [2.45, 2.75) is 44.2 Å². The van der Waals surface area contributed by atoms with Crippen LogP contribution in [0.1, 0.15) is 20.1 Å². The largest absolute Gasteiger partial charge is 0.394 e. The second kappa shape index (κ2) is 4.84. The number of aliphatic hydroxyl groups is 1. The molecule has 4 rings (SSSR count). The molecular weight excluding hydrogens is 312 g/mol. The number of fused-ring (bicyclic) bond motifs is 2. The molecule has 9 heteroatoms. The molecule has 0 amide bonds. The summed E-state index contributed by atoms with van der Waals surface area (Å²) in [6.07, 6.45) is 1.28. The van der Waals surface area contributed by atoms with Crippen LogP contribution < -0.4 is 0 Å². The molecule has 0 spiro atoms. The molecule has 2 saturated heterocycles. The summed E-state index contributed by atoms with van der Waals surface area (Å²) in [5.41, 5.74) is 1.05. The van der Waals surface area contributed by atoms with Crippen LogP contribution in [0.2, 0.25) is 5.15 Å². The van der Waals surface area contributed by atoms with Crippen LogP contribution in [0.25, 0.3) is 11.2 Å². The van der Waals surface area contributed by atoms with Crippen LogP contribution in [0, 0.1) is 0 Å². The number of aromatic nitrogens is 4. The number of rotatable bonds is 2. The van der Waals surface area contributed by atoms with E-state index in [0.717, 1.165) is 0 Å². The van der Waals surface area contributed by atoms with Crippen molar-refractivity contribution in [3.05, 3.63) is 17.8 Å². The topological polar surface area (TPSA) is 91.5 Å². The van der Waals surface area contributed by atoms with Gasteiger partial charge in [-0.2, -0.15) is 0 Å². The molecule has 4 atom stereocenters. The summed E-state index contributed by atoms with van der Waals surface area (Å²) in [7, 11) is 0. The molecule has 0 radical (unpaired) electrons. The van der Waals surface area contributed by atoms with Gasteiger partial charge in [0.2, 0.25) is 0 Å². The van der Waals surface area contributed by atoms with Gasteiger partial charge in [0.05, 0.1) is 12.9 Å². The summed E-state index contributed by atoms with van der Waals surface area (Å²) < 4.78 is 19.4. The van der Waals surface area contributed by atoms with Crippen LogP contribution in [-0.4, -0.2) is 55.3 Å². The molecule has 0 aromatic carbocycles. The van der Waals surface area contributed by atoms with Crippen LogP contribution in [0.5, 0.6) is 0 Å². The average Bonchev–Trinajstić information content (AvgIpc) is 3.10. The van der Waals surface area contributed by atoms with E-state index in [2.05, 4.69) is 15.0 Å². The number of aliphatic hydroxyl groups excluding tert-OH is 1. The number of halogens is 1. The fourth-order valence-electron chi connectivity index (χ4n) is 3.04. The first-order valence-electron chi connectivity index (χ1n) is 6.95. The molecule has 1 N–H and O–H groups in total. The van der Waals surface area contributed by atoms with Crippen molar-refractivity contribution in [3.63, 3.8) is 0 Å². The maximum absolute atomic E-state index is 9.52. The highest BCUT2D eigenvalue weighted by Crippen LogP contribution is 2.43. The highest BCUT2D eigenvalue weighted by Gasteiger charge is 2.55. The first-order valence-corrected chi connectivity index (χ1v) is 7.33. The zero-order valence-electron chi connectivity index (χ0n) is 12.0. The van der Waals surface area contributed by atoms with Gasteiger partial charge >= 0.3 is 0 Å². The van der Waals surface area contributed by atoms with Gasteiger partial charge in [-0.3, -0.25) is 4.57 Å². The van der Waals surface area contributed by atoms with E-state index < -0.39 is 18.1 Å². The lowest BCUT2D eigenvalue weighted by Gasteiger charge is -2.24. The lowest BCUT2D eigenvalue weighted by atomic mass is 10.1. The third kappa shape index (κ3) is 2.03. The molecule has 4 heterocycles. The van der Waals surface area contributed by atoms with Crippen molar-refractivity contribution in [2.75, 3.05) is 6.61 Å². The average molecular weight is 327 g/mol. The molecule has 0 bridgehead atoms. The number of hydrogen-bond donors (Lipinski definition) is 1. The van der Waals surface area contributed by atoms with Gasteiger partial charge in [0, 0.05) is 0 Å². The Morgan fingerprint density at radius 1 is 1.27 bits per heavy atom. The lowest BCUT2D eigenvalue weighted by molar-refractivity contribution is -0.199. The smallest absolute Gasteiger partial charge is 0.167 e. The first-order chi connectivity index (χ1) is 10.5. The molecule has 2 fully saturated rings. The van der Waals surface area contributed by atoms with Crippen molar-refractivity contribution < 1.29 is 19.3 Å². The molecular formula is C13H15ClN4O4. The summed E-state index contributed by atoms with van der Waals surface area (Å²) in [6.45, 7) is 3.52. The summed E-state index contributed by atoms with van der Waals surface area (Å²) in [5.74, 6) is -0.728. The highest BCUT2D eigenvalue weighted by molar-refractivity contribution is 6.33. The quantitative estimate of drug-likeness (QED) is 0.819. The maximum Gasteiger partial charge on any atom is 0.167 e. The van der Waals surface area contributed by atoms with E-state index in [-0.39, 0.29) is 24.0 Å². The normalized spacial score (nSPS) is 33.5. The van der Waals surface area contributed by atoms with E-state index in [0.29, 0.717) is 11.2 Å². The first kappa shape index (κ1) is 14.3. The van der Waals surface area contributed by atoms with Crippen LogP contribution >= 0.6 is 11.6 Å². The van der Waals surface area contributed by atoms with E-state index in [9.17, 15) is 5.11 Å². The lowest BCUT2D eigenvalue weighted by Crippen LogP contribution is -2.31. The van der Waals surface area contributed by atoms with Crippen molar-refractivity contribution in [1.29, 1.82) is 0 Å². The zero-order chi connectivity index (χ0) is 15.5. The van der Waals surface area contributed by atoms with E-state index in [1.165, 1.54) is 6.33 Å². The number of imidazole rings is 1. The number of nitrogens with zero attached hydrogens (tertiary/aromatic N) is 4. The van der Waals surface area contributed by atoms with Crippen LogP contribution in [0.15, 0.2) is 12.7 Å². The van der Waals surface area contributed by atoms with Gasteiger partial charge in [0.25, 0.3) is 0 Å². The third-order valence-electron chi connectivity index (χ3n) is 3.89. The van der Waals surface area contributed by atoms with Gasteiger partial charge in [-0.25, -0.2) is 15.0 Å². The number of ether oxygens (including phenoxy) is 3. The predicted molar refractivity (Wildman–Crippen MR) is 75.2 cm³/mol. The molecule has 22 heavy (non-hydrogen) atoms. The molecule has 2 unspecified atom stereocenters. The Kier molecular flexibility index (Phi) is 3.14. The second-order valence-electron chi connectivity index (χ2n) is 5.80. The minimum absolute atomic E-state index is 0.153. The highest BCUT2D eigenvalue weighted by atomic mass is 35.5. The zero-order valence-corrected chi connectivity index (χ0v) is 12.8. The summed E-state index contributed by atoms with van der Waals surface area (Å²) in [6, 6.07) is 0. The Morgan fingerprint density at radius 2 is 2.05 bits per heavy atom. The monoisotopic (exact) mass is 326 g/mol. The minimum Gasteiger partial charge on any atom is -0.394 e. The van der Waals surface area contributed by atoms with E-state index in [1.807, 2.05) is 13.8 Å².